The number of carbonyl (C=O) groups is 1. The Balaban J connectivity index is 1.49. The second-order valence-corrected chi connectivity index (χ2v) is 8.68. The molecule has 1 heterocycles. The molecule has 2 aromatic carbocycles. The normalized spacial score (nSPS) is 10.9. The summed E-state index contributed by atoms with van der Waals surface area (Å²) < 4.78 is 7.25. The number of hydrogen-bond acceptors (Lipinski definition) is 5. The first-order valence-electron chi connectivity index (χ1n) is 10.4. The Morgan fingerprint density at radius 2 is 1.84 bits per heavy atom. The summed E-state index contributed by atoms with van der Waals surface area (Å²) in [5.41, 5.74) is 5.75. The molecule has 0 saturated heterocycles. The maximum absolute atomic E-state index is 12.3. The number of methoxy groups -OCH3 is 1. The molecule has 1 N–H and O–H groups in total. The number of nitrogens with zero attached hydrogens (tertiary/aromatic N) is 3. The maximum atomic E-state index is 12.3. The molecule has 0 aliphatic carbocycles. The molecular weight excluding hydrogens is 408 g/mol. The van der Waals surface area contributed by atoms with Crippen molar-refractivity contribution >= 4 is 23.4 Å². The highest BCUT2D eigenvalue weighted by atomic mass is 32.2. The molecule has 1 amide bonds. The number of anilines is 1. The van der Waals surface area contributed by atoms with Crippen molar-refractivity contribution in [1.82, 2.24) is 14.8 Å². The first-order valence-corrected chi connectivity index (χ1v) is 11.4. The standard InChI is InChI=1S/C24H30N4O2S/c1-16-9-11-20(13-17(16)2)25-23(29)15-31-24-27-26-22(28(24)4)8-6-7-19-10-12-21(30-5)14-18(19)3/h9-14H,6-8,15H2,1-5H3,(H,25,29). The molecule has 1 aromatic heterocycles. The van der Waals surface area contributed by atoms with Crippen LogP contribution in [-0.2, 0) is 24.7 Å². The predicted octanol–water partition coefficient (Wildman–Crippen LogP) is 4.66. The molecule has 164 valence electrons. The van der Waals surface area contributed by atoms with Gasteiger partial charge in [0.25, 0.3) is 0 Å². The van der Waals surface area contributed by atoms with Gasteiger partial charge in [0, 0.05) is 19.2 Å². The number of benzene rings is 2. The zero-order chi connectivity index (χ0) is 22.4. The summed E-state index contributed by atoms with van der Waals surface area (Å²) in [4.78, 5) is 12.3. The molecule has 31 heavy (non-hydrogen) atoms. The molecule has 0 aliphatic heterocycles. The lowest BCUT2D eigenvalue weighted by Crippen LogP contribution is -2.14. The minimum absolute atomic E-state index is 0.0483. The van der Waals surface area contributed by atoms with E-state index in [0.717, 1.165) is 47.2 Å². The Morgan fingerprint density at radius 3 is 2.55 bits per heavy atom. The summed E-state index contributed by atoms with van der Waals surface area (Å²) in [6.45, 7) is 6.20. The molecule has 3 rings (SSSR count). The van der Waals surface area contributed by atoms with Crippen molar-refractivity contribution in [3.05, 3.63) is 64.5 Å². The minimum Gasteiger partial charge on any atom is -0.497 e. The van der Waals surface area contributed by atoms with Crippen LogP contribution < -0.4 is 10.1 Å². The van der Waals surface area contributed by atoms with Crippen LogP contribution >= 0.6 is 11.8 Å². The van der Waals surface area contributed by atoms with Crippen molar-refractivity contribution in [1.29, 1.82) is 0 Å². The average Bonchev–Trinajstić information content (AvgIpc) is 3.10. The maximum Gasteiger partial charge on any atom is 0.234 e. The van der Waals surface area contributed by atoms with Crippen LogP contribution in [0.1, 0.15) is 34.5 Å². The van der Waals surface area contributed by atoms with Gasteiger partial charge in [0.2, 0.25) is 5.91 Å². The van der Waals surface area contributed by atoms with E-state index in [1.165, 1.54) is 28.5 Å². The van der Waals surface area contributed by atoms with Crippen molar-refractivity contribution in [2.45, 2.75) is 45.2 Å². The Morgan fingerprint density at radius 1 is 1.03 bits per heavy atom. The summed E-state index contributed by atoms with van der Waals surface area (Å²) in [6.07, 6.45) is 2.80. The zero-order valence-electron chi connectivity index (χ0n) is 18.9. The highest BCUT2D eigenvalue weighted by Crippen LogP contribution is 2.21. The molecule has 0 radical (unpaired) electrons. The van der Waals surface area contributed by atoms with Crippen LogP contribution in [0.15, 0.2) is 41.6 Å². The molecule has 0 unspecified atom stereocenters. The highest BCUT2D eigenvalue weighted by Gasteiger charge is 2.12. The first kappa shape index (κ1) is 22.9. The topological polar surface area (TPSA) is 69.0 Å². The van der Waals surface area contributed by atoms with Crippen molar-refractivity contribution < 1.29 is 9.53 Å². The van der Waals surface area contributed by atoms with Gasteiger partial charge in [-0.25, -0.2) is 0 Å². The number of thioether (sulfide) groups is 1. The second kappa shape index (κ2) is 10.5. The molecule has 0 saturated carbocycles. The number of aromatic nitrogens is 3. The van der Waals surface area contributed by atoms with E-state index in [1.807, 2.05) is 42.8 Å². The van der Waals surface area contributed by atoms with Crippen LogP contribution in [0.25, 0.3) is 0 Å². The van der Waals surface area contributed by atoms with E-state index in [2.05, 4.69) is 41.5 Å². The Kier molecular flexibility index (Phi) is 7.74. The van der Waals surface area contributed by atoms with Crippen LogP contribution in [0.2, 0.25) is 0 Å². The fraction of sp³-hybridized carbons (Fsp3) is 0.375. The van der Waals surface area contributed by atoms with Crippen molar-refractivity contribution in [3.63, 3.8) is 0 Å². The van der Waals surface area contributed by atoms with E-state index in [4.69, 9.17) is 4.74 Å². The Bertz CT molecular complexity index is 1060. The van der Waals surface area contributed by atoms with Gasteiger partial charge in [-0.15, -0.1) is 10.2 Å². The molecule has 0 aliphatic rings. The molecule has 0 fully saturated rings. The van der Waals surface area contributed by atoms with E-state index in [0.29, 0.717) is 5.75 Å². The first-order chi connectivity index (χ1) is 14.9. The van der Waals surface area contributed by atoms with Crippen LogP contribution in [-0.4, -0.2) is 33.5 Å². The summed E-state index contributed by atoms with van der Waals surface area (Å²) in [6, 6.07) is 12.1. The van der Waals surface area contributed by atoms with Crippen LogP contribution in [0.3, 0.4) is 0 Å². The van der Waals surface area contributed by atoms with E-state index in [-0.39, 0.29) is 5.91 Å². The number of hydrogen-bond donors (Lipinski definition) is 1. The van der Waals surface area contributed by atoms with Gasteiger partial charge in [-0.2, -0.15) is 0 Å². The number of aryl methyl sites for hydroxylation is 5. The zero-order valence-corrected chi connectivity index (χ0v) is 19.7. The molecule has 3 aromatic rings. The van der Waals surface area contributed by atoms with Crippen LogP contribution in [0.4, 0.5) is 5.69 Å². The van der Waals surface area contributed by atoms with Gasteiger partial charge in [0.05, 0.1) is 12.9 Å². The summed E-state index contributed by atoms with van der Waals surface area (Å²) in [5.74, 6) is 2.07. The third-order valence-corrected chi connectivity index (χ3v) is 6.46. The fourth-order valence-electron chi connectivity index (χ4n) is 3.35. The third-order valence-electron chi connectivity index (χ3n) is 5.44. The predicted molar refractivity (Wildman–Crippen MR) is 126 cm³/mol. The largest absolute Gasteiger partial charge is 0.497 e. The van der Waals surface area contributed by atoms with E-state index in [9.17, 15) is 4.79 Å². The van der Waals surface area contributed by atoms with Crippen molar-refractivity contribution in [2.75, 3.05) is 18.2 Å². The molecular formula is C24H30N4O2S. The smallest absolute Gasteiger partial charge is 0.234 e. The lowest BCUT2D eigenvalue weighted by atomic mass is 10.0. The summed E-state index contributed by atoms with van der Waals surface area (Å²) in [7, 11) is 3.64. The van der Waals surface area contributed by atoms with Crippen LogP contribution in [0, 0.1) is 20.8 Å². The lowest BCUT2D eigenvalue weighted by molar-refractivity contribution is -0.113. The number of ether oxygens (including phenoxy) is 1. The number of nitrogens with one attached hydrogen (secondary N) is 1. The monoisotopic (exact) mass is 438 g/mol. The van der Waals surface area contributed by atoms with E-state index >= 15 is 0 Å². The van der Waals surface area contributed by atoms with E-state index in [1.54, 1.807) is 7.11 Å². The van der Waals surface area contributed by atoms with Gasteiger partial charge in [-0.3, -0.25) is 4.79 Å². The molecule has 6 nitrogen and oxygen atoms in total. The highest BCUT2D eigenvalue weighted by molar-refractivity contribution is 7.99. The van der Waals surface area contributed by atoms with E-state index < -0.39 is 0 Å². The van der Waals surface area contributed by atoms with Gasteiger partial charge >= 0.3 is 0 Å². The van der Waals surface area contributed by atoms with Crippen molar-refractivity contribution in [3.8, 4) is 5.75 Å². The fourth-order valence-corrected chi connectivity index (χ4v) is 4.08. The second-order valence-electron chi connectivity index (χ2n) is 7.74. The summed E-state index contributed by atoms with van der Waals surface area (Å²) in [5, 5.41) is 12.3. The van der Waals surface area contributed by atoms with Gasteiger partial charge in [-0.1, -0.05) is 23.9 Å². The quantitative estimate of drug-likeness (QED) is 0.492. The minimum atomic E-state index is -0.0483. The van der Waals surface area contributed by atoms with Crippen LogP contribution in [0.5, 0.6) is 5.75 Å². The van der Waals surface area contributed by atoms with Gasteiger partial charge in [-0.05, 0) is 80.1 Å². The summed E-state index contributed by atoms with van der Waals surface area (Å²) >= 11 is 1.40. The number of carbonyl (C=O) groups excluding carboxylic acids is 1. The Hall–Kier alpha value is -2.80. The van der Waals surface area contributed by atoms with Gasteiger partial charge < -0.3 is 14.6 Å². The molecule has 0 spiro atoms. The molecule has 0 atom stereocenters. The lowest BCUT2D eigenvalue weighted by Gasteiger charge is -2.09. The van der Waals surface area contributed by atoms with Gasteiger partial charge in [0.1, 0.15) is 11.6 Å². The number of rotatable bonds is 9. The molecule has 0 bridgehead atoms. The number of amides is 1. The van der Waals surface area contributed by atoms with Crippen molar-refractivity contribution in [2.24, 2.45) is 7.05 Å². The SMILES string of the molecule is COc1ccc(CCCc2nnc(SCC(=O)Nc3ccc(C)c(C)c3)n2C)c(C)c1. The van der Waals surface area contributed by atoms with Gasteiger partial charge in [0.15, 0.2) is 5.16 Å². The average molecular weight is 439 g/mol. The Labute approximate surface area is 188 Å². The third kappa shape index (κ3) is 6.10. The molecule has 7 heteroatoms.